The number of halogens is 2. The molecule has 2 aromatic rings. The van der Waals surface area contributed by atoms with Gasteiger partial charge in [0.25, 0.3) is 0 Å². The maximum Gasteiger partial charge on any atom is 0.191 e. The van der Waals surface area contributed by atoms with E-state index in [1.807, 2.05) is 31.2 Å². The summed E-state index contributed by atoms with van der Waals surface area (Å²) in [5, 5.41) is 17.7. The summed E-state index contributed by atoms with van der Waals surface area (Å²) in [6.07, 6.45) is 3.38. The van der Waals surface area contributed by atoms with Crippen LogP contribution in [0.1, 0.15) is 31.6 Å². The maximum absolute atomic E-state index is 10.5. The minimum atomic E-state index is -1.14. The van der Waals surface area contributed by atoms with Gasteiger partial charge in [-0.1, -0.05) is 29.8 Å². The highest BCUT2D eigenvalue weighted by Gasteiger charge is 2.25. The fourth-order valence-electron chi connectivity index (χ4n) is 2.42. The molecule has 2 rings (SSSR count). The lowest BCUT2D eigenvalue weighted by molar-refractivity contribution is 0.0437. The smallest absolute Gasteiger partial charge is 0.191 e. The number of guanidine groups is 1. The Morgan fingerprint density at radius 3 is 2.65 bits per heavy atom. The Balaban J connectivity index is 0.00000338. The Hall–Kier alpha value is -1.25. The van der Waals surface area contributed by atoms with Crippen molar-refractivity contribution < 1.29 is 9.52 Å². The van der Waals surface area contributed by atoms with Crippen molar-refractivity contribution >= 4 is 41.5 Å². The van der Waals surface area contributed by atoms with E-state index in [9.17, 15) is 5.11 Å². The SMILES string of the molecule is CCNC(=NCC(C)(O)c1ccco1)NCCCc1ccccc1Cl.I. The summed E-state index contributed by atoms with van der Waals surface area (Å²) in [6.45, 7) is 5.42. The van der Waals surface area contributed by atoms with Crippen LogP contribution in [0.25, 0.3) is 0 Å². The van der Waals surface area contributed by atoms with Crippen molar-refractivity contribution in [3.05, 3.63) is 59.0 Å². The third-order valence-electron chi connectivity index (χ3n) is 3.81. The van der Waals surface area contributed by atoms with Crippen LogP contribution in [-0.4, -0.2) is 30.7 Å². The van der Waals surface area contributed by atoms with Gasteiger partial charge in [-0.25, -0.2) is 4.99 Å². The fourth-order valence-corrected chi connectivity index (χ4v) is 2.65. The predicted molar refractivity (Wildman–Crippen MR) is 117 cm³/mol. The summed E-state index contributed by atoms with van der Waals surface area (Å²) in [5.41, 5.74) is 0.0114. The van der Waals surface area contributed by atoms with Crippen LogP contribution in [-0.2, 0) is 12.0 Å². The molecule has 0 spiro atoms. The van der Waals surface area contributed by atoms with E-state index in [0.717, 1.165) is 36.5 Å². The van der Waals surface area contributed by atoms with E-state index in [0.29, 0.717) is 11.7 Å². The number of furan rings is 1. The lowest BCUT2D eigenvalue weighted by Gasteiger charge is -2.19. The van der Waals surface area contributed by atoms with Crippen LogP contribution in [0, 0.1) is 0 Å². The van der Waals surface area contributed by atoms with Crippen molar-refractivity contribution in [2.75, 3.05) is 19.6 Å². The monoisotopic (exact) mass is 491 g/mol. The molecule has 0 aliphatic carbocycles. The first-order valence-electron chi connectivity index (χ1n) is 8.55. The summed E-state index contributed by atoms with van der Waals surface area (Å²) in [4.78, 5) is 4.46. The normalized spacial score (nSPS) is 13.6. The summed E-state index contributed by atoms with van der Waals surface area (Å²) < 4.78 is 5.28. The van der Waals surface area contributed by atoms with Crippen molar-refractivity contribution in [2.45, 2.75) is 32.3 Å². The molecule has 0 aliphatic heterocycles. The summed E-state index contributed by atoms with van der Waals surface area (Å²) >= 11 is 6.17. The van der Waals surface area contributed by atoms with E-state index in [1.165, 1.54) is 0 Å². The molecule has 1 heterocycles. The molecule has 0 fully saturated rings. The number of nitrogens with one attached hydrogen (secondary N) is 2. The predicted octanol–water partition coefficient (Wildman–Crippen LogP) is 3.95. The molecule has 7 heteroatoms. The van der Waals surface area contributed by atoms with Gasteiger partial charge in [0.2, 0.25) is 0 Å². The van der Waals surface area contributed by atoms with Gasteiger partial charge < -0.3 is 20.2 Å². The lowest BCUT2D eigenvalue weighted by Crippen LogP contribution is -2.39. The van der Waals surface area contributed by atoms with Crippen molar-refractivity contribution in [2.24, 2.45) is 4.99 Å². The zero-order valence-electron chi connectivity index (χ0n) is 15.2. The highest BCUT2D eigenvalue weighted by atomic mass is 127. The molecular weight excluding hydrogens is 465 g/mol. The number of hydrogen-bond acceptors (Lipinski definition) is 3. The maximum atomic E-state index is 10.5. The van der Waals surface area contributed by atoms with Crippen LogP contribution in [0.15, 0.2) is 52.1 Å². The number of hydrogen-bond donors (Lipinski definition) is 3. The van der Waals surface area contributed by atoms with Gasteiger partial charge in [-0.2, -0.15) is 0 Å². The van der Waals surface area contributed by atoms with Gasteiger partial charge in [0, 0.05) is 18.1 Å². The standard InChI is InChI=1S/C19H26ClN3O2.HI/c1-3-21-18(23-14-19(2,24)17-11-7-13-25-17)22-12-6-9-15-8-4-5-10-16(15)20;/h4-5,7-8,10-11,13,24H,3,6,9,12,14H2,1-2H3,(H2,21,22,23);1H. The molecule has 0 saturated carbocycles. The molecule has 1 atom stereocenters. The van der Waals surface area contributed by atoms with Gasteiger partial charge in [0.05, 0.1) is 12.8 Å². The van der Waals surface area contributed by atoms with E-state index in [-0.39, 0.29) is 30.5 Å². The number of aliphatic imine (C=N–C) groups is 1. The summed E-state index contributed by atoms with van der Waals surface area (Å²) in [6, 6.07) is 11.4. The van der Waals surface area contributed by atoms with Gasteiger partial charge in [-0.05, 0) is 50.5 Å². The molecule has 0 amide bonds. The molecule has 5 nitrogen and oxygen atoms in total. The van der Waals surface area contributed by atoms with Crippen molar-refractivity contribution in [1.82, 2.24) is 10.6 Å². The summed E-state index contributed by atoms with van der Waals surface area (Å²) in [7, 11) is 0. The Bertz CT molecular complexity index is 675. The third kappa shape index (κ3) is 7.17. The average Bonchev–Trinajstić information content (AvgIpc) is 3.13. The topological polar surface area (TPSA) is 69.8 Å². The Morgan fingerprint density at radius 2 is 2.00 bits per heavy atom. The zero-order valence-corrected chi connectivity index (χ0v) is 18.3. The van der Waals surface area contributed by atoms with Crippen LogP contribution in [0.5, 0.6) is 0 Å². The Morgan fingerprint density at radius 1 is 1.23 bits per heavy atom. The average molecular weight is 492 g/mol. The number of nitrogens with zero attached hydrogens (tertiary/aromatic N) is 1. The van der Waals surface area contributed by atoms with E-state index >= 15 is 0 Å². The Labute approximate surface area is 177 Å². The number of aliphatic hydroxyl groups is 1. The van der Waals surface area contributed by atoms with Crippen LogP contribution >= 0.6 is 35.6 Å². The quantitative estimate of drug-likeness (QED) is 0.226. The first-order chi connectivity index (χ1) is 12.0. The molecular formula is C19H27ClIN3O2. The highest BCUT2D eigenvalue weighted by molar-refractivity contribution is 14.0. The minimum absolute atomic E-state index is 0. The molecule has 3 N–H and O–H groups in total. The molecule has 0 saturated heterocycles. The van der Waals surface area contributed by atoms with Crippen LogP contribution in [0.3, 0.4) is 0 Å². The van der Waals surface area contributed by atoms with Crippen LogP contribution in [0.2, 0.25) is 5.02 Å². The molecule has 0 aliphatic rings. The summed E-state index contributed by atoms with van der Waals surface area (Å²) in [5.74, 6) is 1.18. The highest BCUT2D eigenvalue weighted by Crippen LogP contribution is 2.21. The minimum Gasteiger partial charge on any atom is -0.466 e. The molecule has 1 aromatic carbocycles. The second-order valence-electron chi connectivity index (χ2n) is 6.07. The van der Waals surface area contributed by atoms with Crippen molar-refractivity contribution in [1.29, 1.82) is 0 Å². The molecule has 1 unspecified atom stereocenters. The van der Waals surface area contributed by atoms with Gasteiger partial charge in [-0.3, -0.25) is 0 Å². The lowest BCUT2D eigenvalue weighted by atomic mass is 10.0. The van der Waals surface area contributed by atoms with Gasteiger partial charge in [-0.15, -0.1) is 24.0 Å². The van der Waals surface area contributed by atoms with Gasteiger partial charge >= 0.3 is 0 Å². The van der Waals surface area contributed by atoms with Gasteiger partial charge in [0.1, 0.15) is 11.4 Å². The molecule has 0 bridgehead atoms. The van der Waals surface area contributed by atoms with Crippen molar-refractivity contribution in [3.8, 4) is 0 Å². The van der Waals surface area contributed by atoms with E-state index in [2.05, 4.69) is 15.6 Å². The Kier molecular flexibility index (Phi) is 10.0. The first-order valence-corrected chi connectivity index (χ1v) is 8.92. The van der Waals surface area contributed by atoms with Crippen LogP contribution in [0.4, 0.5) is 0 Å². The zero-order chi connectivity index (χ0) is 18.1. The van der Waals surface area contributed by atoms with Gasteiger partial charge in [0.15, 0.2) is 5.96 Å². The molecule has 0 radical (unpaired) electrons. The first kappa shape index (κ1) is 22.8. The van der Waals surface area contributed by atoms with Crippen molar-refractivity contribution in [3.63, 3.8) is 0 Å². The second-order valence-corrected chi connectivity index (χ2v) is 6.48. The third-order valence-corrected chi connectivity index (χ3v) is 4.18. The van der Waals surface area contributed by atoms with Crippen LogP contribution < -0.4 is 10.6 Å². The molecule has 26 heavy (non-hydrogen) atoms. The fraction of sp³-hybridized carbons (Fsp3) is 0.421. The number of aryl methyl sites for hydroxylation is 1. The second kappa shape index (κ2) is 11.5. The number of rotatable bonds is 8. The van der Waals surface area contributed by atoms with E-state index in [4.69, 9.17) is 16.0 Å². The molecule has 1 aromatic heterocycles. The van der Waals surface area contributed by atoms with E-state index in [1.54, 1.807) is 25.3 Å². The largest absolute Gasteiger partial charge is 0.466 e. The molecule has 144 valence electrons. The number of benzene rings is 1. The van der Waals surface area contributed by atoms with E-state index < -0.39 is 5.60 Å².